The molecule has 0 radical (unpaired) electrons. The first-order valence-corrected chi connectivity index (χ1v) is 17.0. The zero-order valence-corrected chi connectivity index (χ0v) is 23.5. The Bertz CT molecular complexity index is 999. The molecule has 8 unspecified atom stereocenters. The molecule has 10 heteroatoms. The Morgan fingerprint density at radius 3 is 2.58 bits per heavy atom. The summed E-state index contributed by atoms with van der Waals surface area (Å²) in [7, 11) is -3.43. The van der Waals surface area contributed by atoms with E-state index >= 15 is 0 Å². The fourth-order valence-electron chi connectivity index (χ4n) is 9.53. The van der Waals surface area contributed by atoms with Crippen LogP contribution in [0.25, 0.3) is 0 Å². The molecule has 2 amide bonds. The average molecular weight is 552 g/mol. The summed E-state index contributed by atoms with van der Waals surface area (Å²) in [5.74, 6) is 2.75. The van der Waals surface area contributed by atoms with Crippen molar-refractivity contribution in [3.63, 3.8) is 0 Å². The zero-order chi connectivity index (χ0) is 26.4. The lowest BCUT2D eigenvalue weighted by atomic mass is 9.66. The number of nitrogens with one attached hydrogen (secondary N) is 1. The van der Waals surface area contributed by atoms with E-state index in [1.807, 2.05) is 0 Å². The summed E-state index contributed by atoms with van der Waals surface area (Å²) in [4.78, 5) is 28.6. The van der Waals surface area contributed by atoms with E-state index in [1.54, 1.807) is 0 Å². The van der Waals surface area contributed by atoms with Crippen molar-refractivity contribution in [2.45, 2.75) is 113 Å². The van der Waals surface area contributed by atoms with Crippen LogP contribution in [0.4, 0.5) is 0 Å². The average Bonchev–Trinajstić information content (AvgIpc) is 3.25. The van der Waals surface area contributed by atoms with Crippen LogP contribution in [0, 0.1) is 29.6 Å². The van der Waals surface area contributed by atoms with Gasteiger partial charge in [-0.15, -0.1) is 0 Å². The van der Waals surface area contributed by atoms with Gasteiger partial charge < -0.3 is 20.3 Å². The third kappa shape index (κ3) is 5.15. The molecule has 0 aromatic carbocycles. The van der Waals surface area contributed by atoms with Gasteiger partial charge in [-0.2, -0.15) is 0 Å². The Hall–Kier alpha value is -1.23. The number of quaternary nitrogens is 1. The van der Waals surface area contributed by atoms with Gasteiger partial charge in [0.25, 0.3) is 0 Å². The molecule has 5 N–H and O–H groups in total. The molecule has 3 aliphatic carbocycles. The van der Waals surface area contributed by atoms with Crippen LogP contribution >= 0.6 is 0 Å². The monoisotopic (exact) mass is 551 g/mol. The van der Waals surface area contributed by atoms with Crippen molar-refractivity contribution in [2.24, 2.45) is 34.7 Å². The summed E-state index contributed by atoms with van der Waals surface area (Å²) >= 11 is 0. The number of primary sulfonamides is 1. The Balaban J connectivity index is 0.971. The highest BCUT2D eigenvalue weighted by Gasteiger charge is 2.63. The lowest BCUT2D eigenvalue weighted by molar-refractivity contribution is -0.713. The van der Waals surface area contributed by atoms with Crippen LogP contribution < -0.4 is 15.8 Å². The number of hydrogen-bond acceptors (Lipinski definition) is 5. The number of carbonyl (C=O) groups is 2. The Kier molecular flexibility index (Phi) is 7.79. The highest BCUT2D eigenvalue weighted by atomic mass is 32.2. The standard InChI is InChI=1S/C28H46N4O5S/c29-38(35,36)19-8-5-17(6-9-19)11-13-30-25(33)16-37-18-7-10-24-23(15-18)21-12-14-31-26-20-3-1-2-4-22(20)28(34)32(24)27(21)26/h17-24,26-27,31H,1-16H2,(H,30,33)(H2,29,35,36)/p+1. The lowest BCUT2D eigenvalue weighted by Gasteiger charge is -2.50. The summed E-state index contributed by atoms with van der Waals surface area (Å²) < 4.78 is 29.2. The third-order valence-corrected chi connectivity index (χ3v) is 12.7. The molecular formula is C28H47N4O5S+. The first-order valence-electron chi connectivity index (χ1n) is 15.4. The van der Waals surface area contributed by atoms with E-state index in [2.05, 4.69) is 15.5 Å². The van der Waals surface area contributed by atoms with Crippen molar-refractivity contribution in [2.75, 3.05) is 19.7 Å². The maximum atomic E-state index is 13.7. The van der Waals surface area contributed by atoms with Crippen LogP contribution in [0.3, 0.4) is 0 Å². The molecular weight excluding hydrogens is 504 g/mol. The zero-order valence-electron chi connectivity index (χ0n) is 22.6. The highest BCUT2D eigenvalue weighted by molar-refractivity contribution is 7.89. The van der Waals surface area contributed by atoms with E-state index in [-0.39, 0.29) is 24.5 Å². The van der Waals surface area contributed by atoms with Crippen molar-refractivity contribution in [3.8, 4) is 0 Å². The van der Waals surface area contributed by atoms with Crippen LogP contribution in [-0.4, -0.2) is 74.3 Å². The molecule has 8 atom stereocenters. The summed E-state index contributed by atoms with van der Waals surface area (Å²) in [6.07, 6.45) is 12.8. The molecule has 3 heterocycles. The van der Waals surface area contributed by atoms with Crippen LogP contribution in [0.5, 0.6) is 0 Å². The van der Waals surface area contributed by atoms with Gasteiger partial charge >= 0.3 is 0 Å². The SMILES string of the molecule is NS(=O)(=O)C1CCC(CCNC(=O)COC2CCC3C(C2)C2CC[NH2+]C4C5CCCCC5C(=O)N3C24)CC1. The van der Waals surface area contributed by atoms with Crippen molar-refractivity contribution >= 4 is 21.8 Å². The Morgan fingerprint density at radius 1 is 1.00 bits per heavy atom. The Labute approximate surface area is 227 Å². The largest absolute Gasteiger partial charge is 0.368 e. The Morgan fingerprint density at radius 2 is 1.79 bits per heavy atom. The van der Waals surface area contributed by atoms with Gasteiger partial charge in [0.05, 0.1) is 23.9 Å². The summed E-state index contributed by atoms with van der Waals surface area (Å²) in [6, 6.07) is 1.36. The maximum Gasteiger partial charge on any atom is 0.246 e. The number of hydrogen-bond donors (Lipinski definition) is 3. The fourth-order valence-corrected chi connectivity index (χ4v) is 10.5. The van der Waals surface area contributed by atoms with Gasteiger partial charge in [-0.3, -0.25) is 9.59 Å². The number of piperidine rings is 2. The number of fused-ring (bicyclic) bond motifs is 5. The molecule has 0 aromatic heterocycles. The maximum absolute atomic E-state index is 13.7. The van der Waals surface area contributed by atoms with Crippen LogP contribution in [0.1, 0.15) is 83.5 Å². The van der Waals surface area contributed by atoms with Crippen LogP contribution in [0.15, 0.2) is 0 Å². The van der Waals surface area contributed by atoms with Gasteiger partial charge in [0, 0.05) is 30.8 Å². The van der Waals surface area contributed by atoms with Gasteiger partial charge in [-0.1, -0.05) is 12.8 Å². The molecule has 214 valence electrons. The number of rotatable bonds is 7. The number of sulfonamides is 1. The van der Waals surface area contributed by atoms with E-state index in [1.165, 1.54) is 32.2 Å². The van der Waals surface area contributed by atoms with Gasteiger partial charge in [0.1, 0.15) is 12.6 Å². The number of amides is 2. The van der Waals surface area contributed by atoms with Gasteiger partial charge in [0.2, 0.25) is 21.8 Å². The van der Waals surface area contributed by atoms with Gasteiger partial charge in [-0.05, 0) is 82.0 Å². The smallest absolute Gasteiger partial charge is 0.246 e. The second-order valence-electron chi connectivity index (χ2n) is 13.2. The molecule has 0 bridgehead atoms. The molecule has 3 saturated heterocycles. The van der Waals surface area contributed by atoms with Crippen molar-refractivity contribution < 1.29 is 28.1 Å². The number of nitrogens with zero attached hydrogens (tertiary/aromatic N) is 1. The second kappa shape index (κ2) is 11.0. The fraction of sp³-hybridized carbons (Fsp3) is 0.929. The van der Waals surface area contributed by atoms with E-state index < -0.39 is 15.3 Å². The molecule has 3 aliphatic heterocycles. The van der Waals surface area contributed by atoms with E-state index in [9.17, 15) is 18.0 Å². The normalized spacial score (nSPS) is 42.7. The summed E-state index contributed by atoms with van der Waals surface area (Å²) in [5.41, 5.74) is 0. The molecule has 3 saturated carbocycles. The van der Waals surface area contributed by atoms with Crippen molar-refractivity contribution in [3.05, 3.63) is 0 Å². The van der Waals surface area contributed by atoms with Gasteiger partial charge in [0.15, 0.2) is 0 Å². The number of ether oxygens (including phenoxy) is 1. The molecule has 0 spiro atoms. The summed E-state index contributed by atoms with van der Waals surface area (Å²) in [5, 5.41) is 10.5. The van der Waals surface area contributed by atoms with E-state index in [0.29, 0.717) is 67.1 Å². The minimum atomic E-state index is -3.43. The van der Waals surface area contributed by atoms with Crippen LogP contribution in [-0.2, 0) is 24.3 Å². The van der Waals surface area contributed by atoms with E-state index in [4.69, 9.17) is 9.88 Å². The van der Waals surface area contributed by atoms with Crippen molar-refractivity contribution in [1.29, 1.82) is 0 Å². The van der Waals surface area contributed by atoms with Crippen molar-refractivity contribution in [1.82, 2.24) is 10.2 Å². The third-order valence-electron chi connectivity index (χ3n) is 11.3. The molecule has 6 fully saturated rings. The minimum absolute atomic E-state index is 0.0687. The topological polar surface area (TPSA) is 135 Å². The van der Waals surface area contributed by atoms with Crippen LogP contribution in [0.2, 0.25) is 0 Å². The predicted octanol–water partition coefficient (Wildman–Crippen LogP) is 0.877. The van der Waals surface area contributed by atoms with Gasteiger partial charge in [-0.25, -0.2) is 13.6 Å². The predicted molar refractivity (Wildman–Crippen MR) is 142 cm³/mol. The highest BCUT2D eigenvalue weighted by Crippen LogP contribution is 2.52. The first-order chi connectivity index (χ1) is 18.3. The molecule has 0 aromatic rings. The summed E-state index contributed by atoms with van der Waals surface area (Å²) in [6.45, 7) is 1.87. The molecule has 6 rings (SSSR count). The molecule has 38 heavy (non-hydrogen) atoms. The number of carbonyl (C=O) groups excluding carboxylic acids is 2. The minimum Gasteiger partial charge on any atom is -0.368 e. The molecule has 9 nitrogen and oxygen atoms in total. The number of nitrogens with two attached hydrogens (primary N) is 2. The molecule has 6 aliphatic rings. The quantitative estimate of drug-likeness (QED) is 0.432. The first kappa shape index (κ1) is 27.0. The lowest BCUT2D eigenvalue weighted by Crippen LogP contribution is -2.98. The van der Waals surface area contributed by atoms with E-state index in [0.717, 1.165) is 44.9 Å². The second-order valence-corrected chi connectivity index (χ2v) is 15.0.